The molecule has 2 aromatic rings. The standard InChI is InChI=1S/C17H24N4O/c1-3-14-16(20-10-8-13(18)9-11-20)12-19-21(14)15-6-4-5-7-17(15)22-2/h4-7,12-13H,3,8-11,18H2,1-2H3. The minimum atomic E-state index is 0.339. The van der Waals surface area contributed by atoms with Gasteiger partial charge >= 0.3 is 0 Å². The molecule has 1 saturated heterocycles. The fraction of sp³-hybridized carbons (Fsp3) is 0.471. The van der Waals surface area contributed by atoms with Crippen LogP contribution in [-0.2, 0) is 6.42 Å². The molecule has 0 spiro atoms. The Morgan fingerprint density at radius 1 is 1.23 bits per heavy atom. The summed E-state index contributed by atoms with van der Waals surface area (Å²) in [6.45, 7) is 4.18. The molecule has 1 fully saturated rings. The van der Waals surface area contributed by atoms with Crippen LogP contribution in [0.4, 0.5) is 5.69 Å². The van der Waals surface area contributed by atoms with Crippen molar-refractivity contribution in [1.29, 1.82) is 0 Å². The molecular weight excluding hydrogens is 276 g/mol. The topological polar surface area (TPSA) is 56.3 Å². The molecule has 118 valence electrons. The average Bonchev–Trinajstić information content (AvgIpc) is 2.99. The smallest absolute Gasteiger partial charge is 0.144 e. The van der Waals surface area contributed by atoms with Crippen LogP contribution in [0.2, 0.25) is 0 Å². The molecular formula is C17H24N4O. The van der Waals surface area contributed by atoms with E-state index in [0.29, 0.717) is 6.04 Å². The second kappa shape index (κ2) is 6.40. The molecule has 0 unspecified atom stereocenters. The van der Waals surface area contributed by atoms with E-state index in [2.05, 4.69) is 16.9 Å². The van der Waals surface area contributed by atoms with E-state index in [-0.39, 0.29) is 0 Å². The molecule has 0 saturated carbocycles. The Balaban J connectivity index is 1.97. The molecule has 2 heterocycles. The Bertz CT molecular complexity index is 629. The van der Waals surface area contributed by atoms with E-state index in [0.717, 1.165) is 43.8 Å². The Morgan fingerprint density at radius 2 is 1.95 bits per heavy atom. The van der Waals surface area contributed by atoms with Crippen LogP contribution in [-0.4, -0.2) is 36.0 Å². The van der Waals surface area contributed by atoms with E-state index in [4.69, 9.17) is 10.5 Å². The summed E-state index contributed by atoms with van der Waals surface area (Å²) < 4.78 is 7.48. The molecule has 1 aliphatic rings. The predicted molar refractivity (Wildman–Crippen MR) is 88.9 cm³/mol. The molecule has 22 heavy (non-hydrogen) atoms. The summed E-state index contributed by atoms with van der Waals surface area (Å²) in [4.78, 5) is 2.40. The predicted octanol–water partition coefficient (Wildman–Crippen LogP) is 2.37. The zero-order valence-electron chi connectivity index (χ0n) is 13.3. The second-order valence-electron chi connectivity index (χ2n) is 5.74. The van der Waals surface area contributed by atoms with Crippen LogP contribution in [0.15, 0.2) is 30.5 Å². The van der Waals surface area contributed by atoms with Crippen LogP contribution in [0, 0.1) is 0 Å². The summed E-state index contributed by atoms with van der Waals surface area (Å²) >= 11 is 0. The molecule has 3 rings (SSSR count). The summed E-state index contributed by atoms with van der Waals surface area (Å²) in [5, 5.41) is 4.62. The number of hydrogen-bond donors (Lipinski definition) is 1. The van der Waals surface area contributed by atoms with Crippen molar-refractivity contribution >= 4 is 5.69 Å². The number of ether oxygens (including phenoxy) is 1. The van der Waals surface area contributed by atoms with Gasteiger partial charge in [0.2, 0.25) is 0 Å². The van der Waals surface area contributed by atoms with Crippen molar-refractivity contribution in [3.63, 3.8) is 0 Å². The lowest BCUT2D eigenvalue weighted by Gasteiger charge is -2.31. The summed E-state index contributed by atoms with van der Waals surface area (Å²) in [5.74, 6) is 0.840. The number of anilines is 1. The zero-order chi connectivity index (χ0) is 15.5. The van der Waals surface area contributed by atoms with Crippen molar-refractivity contribution in [3.8, 4) is 11.4 Å². The van der Waals surface area contributed by atoms with Gasteiger partial charge in [0.05, 0.1) is 24.7 Å². The van der Waals surface area contributed by atoms with Gasteiger partial charge in [-0.2, -0.15) is 5.10 Å². The van der Waals surface area contributed by atoms with Crippen molar-refractivity contribution in [2.24, 2.45) is 5.73 Å². The SMILES string of the molecule is CCc1c(N2CCC(N)CC2)cnn1-c1ccccc1OC. The Morgan fingerprint density at radius 3 is 2.64 bits per heavy atom. The maximum Gasteiger partial charge on any atom is 0.144 e. The highest BCUT2D eigenvalue weighted by molar-refractivity contribution is 5.55. The lowest BCUT2D eigenvalue weighted by atomic mass is 10.1. The summed E-state index contributed by atoms with van der Waals surface area (Å²) in [5.41, 5.74) is 9.45. The number of benzene rings is 1. The highest BCUT2D eigenvalue weighted by Gasteiger charge is 2.22. The molecule has 1 aromatic heterocycles. The number of rotatable bonds is 4. The number of para-hydroxylation sites is 2. The number of piperidine rings is 1. The lowest BCUT2D eigenvalue weighted by molar-refractivity contribution is 0.411. The molecule has 2 N–H and O–H groups in total. The number of hydrogen-bond acceptors (Lipinski definition) is 4. The minimum absolute atomic E-state index is 0.339. The normalized spacial score (nSPS) is 16.0. The van der Waals surface area contributed by atoms with E-state index in [1.54, 1.807) is 7.11 Å². The molecule has 1 aliphatic heterocycles. The van der Waals surface area contributed by atoms with E-state index in [9.17, 15) is 0 Å². The molecule has 0 aliphatic carbocycles. The first-order chi connectivity index (χ1) is 10.7. The first kappa shape index (κ1) is 14.9. The molecule has 1 aromatic carbocycles. The molecule has 0 radical (unpaired) electrons. The third kappa shape index (κ3) is 2.68. The third-order valence-corrected chi connectivity index (χ3v) is 4.38. The number of aromatic nitrogens is 2. The highest BCUT2D eigenvalue weighted by atomic mass is 16.5. The van der Waals surface area contributed by atoms with E-state index in [1.165, 1.54) is 11.4 Å². The van der Waals surface area contributed by atoms with Gasteiger partial charge in [-0.15, -0.1) is 0 Å². The lowest BCUT2D eigenvalue weighted by Crippen LogP contribution is -2.39. The Kier molecular flexibility index (Phi) is 4.34. The maximum atomic E-state index is 6.02. The van der Waals surface area contributed by atoms with Crippen LogP contribution >= 0.6 is 0 Å². The van der Waals surface area contributed by atoms with Crippen molar-refractivity contribution < 1.29 is 4.74 Å². The fourth-order valence-corrected chi connectivity index (χ4v) is 3.11. The fourth-order valence-electron chi connectivity index (χ4n) is 3.11. The van der Waals surface area contributed by atoms with Crippen molar-refractivity contribution in [3.05, 3.63) is 36.2 Å². The zero-order valence-corrected chi connectivity index (χ0v) is 13.3. The minimum Gasteiger partial charge on any atom is -0.494 e. The number of nitrogens with two attached hydrogens (primary N) is 1. The van der Waals surface area contributed by atoms with Crippen LogP contribution in [0.1, 0.15) is 25.5 Å². The van der Waals surface area contributed by atoms with Crippen LogP contribution in [0.3, 0.4) is 0 Å². The van der Waals surface area contributed by atoms with Gasteiger partial charge in [0, 0.05) is 19.1 Å². The van der Waals surface area contributed by atoms with E-state index in [1.807, 2.05) is 35.1 Å². The average molecular weight is 300 g/mol. The third-order valence-electron chi connectivity index (χ3n) is 4.38. The first-order valence-corrected chi connectivity index (χ1v) is 7.95. The highest BCUT2D eigenvalue weighted by Crippen LogP contribution is 2.29. The summed E-state index contributed by atoms with van der Waals surface area (Å²) in [6.07, 6.45) is 4.99. The second-order valence-corrected chi connectivity index (χ2v) is 5.74. The molecule has 0 atom stereocenters. The van der Waals surface area contributed by atoms with Crippen LogP contribution in [0.25, 0.3) is 5.69 Å². The molecule has 0 amide bonds. The van der Waals surface area contributed by atoms with Gasteiger partial charge in [-0.05, 0) is 31.4 Å². The molecule has 0 bridgehead atoms. The first-order valence-electron chi connectivity index (χ1n) is 7.95. The Labute approximate surface area is 131 Å². The maximum absolute atomic E-state index is 6.02. The summed E-state index contributed by atoms with van der Waals surface area (Å²) in [7, 11) is 1.70. The van der Waals surface area contributed by atoms with E-state index < -0.39 is 0 Å². The van der Waals surface area contributed by atoms with E-state index >= 15 is 0 Å². The van der Waals surface area contributed by atoms with Gasteiger partial charge in [0.25, 0.3) is 0 Å². The monoisotopic (exact) mass is 300 g/mol. The van der Waals surface area contributed by atoms with Gasteiger partial charge in [-0.25, -0.2) is 4.68 Å². The molecule has 5 nitrogen and oxygen atoms in total. The van der Waals surface area contributed by atoms with Gasteiger partial charge < -0.3 is 15.4 Å². The van der Waals surface area contributed by atoms with Gasteiger partial charge in [0.15, 0.2) is 0 Å². The van der Waals surface area contributed by atoms with Crippen LogP contribution in [0.5, 0.6) is 5.75 Å². The van der Waals surface area contributed by atoms with Crippen molar-refractivity contribution in [2.75, 3.05) is 25.1 Å². The van der Waals surface area contributed by atoms with Crippen molar-refractivity contribution in [1.82, 2.24) is 9.78 Å². The van der Waals surface area contributed by atoms with Crippen molar-refractivity contribution in [2.45, 2.75) is 32.2 Å². The summed E-state index contributed by atoms with van der Waals surface area (Å²) in [6, 6.07) is 8.34. The number of methoxy groups -OCH3 is 1. The molecule has 5 heteroatoms. The largest absolute Gasteiger partial charge is 0.494 e. The van der Waals surface area contributed by atoms with Gasteiger partial charge in [-0.3, -0.25) is 0 Å². The van der Waals surface area contributed by atoms with Crippen LogP contribution < -0.4 is 15.4 Å². The quantitative estimate of drug-likeness (QED) is 0.942. The Hall–Kier alpha value is -2.01. The number of nitrogens with zero attached hydrogens (tertiary/aromatic N) is 3. The van der Waals surface area contributed by atoms with Gasteiger partial charge in [0.1, 0.15) is 11.4 Å². The van der Waals surface area contributed by atoms with Gasteiger partial charge in [-0.1, -0.05) is 19.1 Å².